The molecule has 0 N–H and O–H groups in total. The second-order valence-electron chi connectivity index (χ2n) is 6.88. The SMILES string of the molecule is C#Cc1ccc2c(c1)c1cc(C=C)ccc1n2CC(CC)CCCC. The summed E-state index contributed by atoms with van der Waals surface area (Å²) >= 11 is 0. The largest absolute Gasteiger partial charge is 0.340 e. The van der Waals surface area contributed by atoms with Crippen LogP contribution in [0.4, 0.5) is 0 Å². The number of aromatic nitrogens is 1. The molecule has 1 unspecified atom stereocenters. The third-order valence-corrected chi connectivity index (χ3v) is 5.28. The zero-order valence-electron chi connectivity index (χ0n) is 15.4. The van der Waals surface area contributed by atoms with Crippen LogP contribution in [0.15, 0.2) is 43.0 Å². The summed E-state index contributed by atoms with van der Waals surface area (Å²) in [6, 6.07) is 13.0. The number of fused-ring (bicyclic) bond motifs is 3. The van der Waals surface area contributed by atoms with Gasteiger partial charge in [-0.3, -0.25) is 0 Å². The number of hydrogen-bond donors (Lipinski definition) is 0. The van der Waals surface area contributed by atoms with Crippen molar-refractivity contribution in [3.8, 4) is 12.3 Å². The van der Waals surface area contributed by atoms with Crippen LogP contribution >= 0.6 is 0 Å². The molecule has 1 heterocycles. The van der Waals surface area contributed by atoms with Gasteiger partial charge in [0.2, 0.25) is 0 Å². The van der Waals surface area contributed by atoms with E-state index in [2.05, 4.69) is 67.3 Å². The lowest BCUT2D eigenvalue weighted by Crippen LogP contribution is -2.10. The van der Waals surface area contributed by atoms with E-state index in [4.69, 9.17) is 6.42 Å². The number of nitrogens with zero attached hydrogens (tertiary/aromatic N) is 1. The van der Waals surface area contributed by atoms with Gasteiger partial charge in [0.25, 0.3) is 0 Å². The fourth-order valence-electron chi connectivity index (χ4n) is 3.71. The molecule has 1 atom stereocenters. The van der Waals surface area contributed by atoms with Gasteiger partial charge in [-0.25, -0.2) is 0 Å². The molecule has 0 aliphatic heterocycles. The first kappa shape index (κ1) is 17.4. The molecule has 0 saturated carbocycles. The zero-order chi connectivity index (χ0) is 17.8. The van der Waals surface area contributed by atoms with E-state index in [1.807, 2.05) is 6.08 Å². The van der Waals surface area contributed by atoms with Crippen LogP contribution in [0.2, 0.25) is 0 Å². The normalized spacial score (nSPS) is 12.4. The Morgan fingerprint density at radius 2 is 1.84 bits per heavy atom. The highest BCUT2D eigenvalue weighted by Gasteiger charge is 2.15. The van der Waals surface area contributed by atoms with E-state index < -0.39 is 0 Å². The fraction of sp³-hybridized carbons (Fsp3) is 0.333. The number of terminal acetylenes is 1. The predicted molar refractivity (Wildman–Crippen MR) is 111 cm³/mol. The van der Waals surface area contributed by atoms with Gasteiger partial charge in [0.15, 0.2) is 0 Å². The molecule has 0 amide bonds. The molecule has 0 aliphatic rings. The lowest BCUT2D eigenvalue weighted by molar-refractivity contribution is 0.401. The van der Waals surface area contributed by atoms with E-state index >= 15 is 0 Å². The molecule has 0 aliphatic carbocycles. The molecule has 3 rings (SSSR count). The first-order valence-corrected chi connectivity index (χ1v) is 9.36. The molecular weight excluding hydrogens is 302 g/mol. The van der Waals surface area contributed by atoms with Gasteiger partial charge in [0.05, 0.1) is 0 Å². The molecule has 0 spiro atoms. The molecule has 0 radical (unpaired) electrons. The van der Waals surface area contributed by atoms with Crippen LogP contribution < -0.4 is 0 Å². The second-order valence-corrected chi connectivity index (χ2v) is 6.88. The molecule has 25 heavy (non-hydrogen) atoms. The lowest BCUT2D eigenvalue weighted by Gasteiger charge is -2.17. The Morgan fingerprint density at radius 3 is 2.48 bits per heavy atom. The summed E-state index contributed by atoms with van der Waals surface area (Å²) in [4.78, 5) is 0. The molecule has 3 aromatic rings. The minimum Gasteiger partial charge on any atom is -0.340 e. The minimum absolute atomic E-state index is 0.713. The van der Waals surface area contributed by atoms with Gasteiger partial charge < -0.3 is 4.57 Å². The summed E-state index contributed by atoms with van der Waals surface area (Å²) in [5.41, 5.74) is 4.67. The molecule has 1 heteroatoms. The second kappa shape index (κ2) is 7.62. The van der Waals surface area contributed by atoms with Gasteiger partial charge in [-0.2, -0.15) is 0 Å². The molecule has 0 bridgehead atoms. The molecule has 0 fully saturated rings. The Hall–Kier alpha value is -2.46. The quantitative estimate of drug-likeness (QED) is 0.428. The van der Waals surface area contributed by atoms with Gasteiger partial charge >= 0.3 is 0 Å². The first-order valence-electron chi connectivity index (χ1n) is 9.36. The Balaban J connectivity index is 2.18. The van der Waals surface area contributed by atoms with Gasteiger partial charge in [-0.05, 0) is 48.2 Å². The van der Waals surface area contributed by atoms with E-state index in [1.165, 1.54) is 47.5 Å². The Kier molecular flexibility index (Phi) is 5.29. The predicted octanol–water partition coefficient (Wildman–Crippen LogP) is 6.64. The van der Waals surface area contributed by atoms with Crippen molar-refractivity contribution in [1.82, 2.24) is 4.57 Å². The fourth-order valence-corrected chi connectivity index (χ4v) is 3.71. The molecule has 0 saturated heterocycles. The number of benzene rings is 2. The maximum absolute atomic E-state index is 5.63. The van der Waals surface area contributed by atoms with Crippen molar-refractivity contribution in [2.45, 2.75) is 46.1 Å². The third kappa shape index (κ3) is 3.35. The highest BCUT2D eigenvalue weighted by molar-refractivity contribution is 6.09. The van der Waals surface area contributed by atoms with Gasteiger partial charge in [0, 0.05) is 33.9 Å². The standard InChI is InChI=1S/C24H27N/c1-5-9-10-20(8-4)17-25-23-13-11-18(6-2)15-21(23)22-16-19(7-3)12-14-24(22)25/h2,7,11-16,20H,3,5,8-10,17H2,1,4H3. The van der Waals surface area contributed by atoms with Gasteiger partial charge in [-0.1, -0.05) is 57.8 Å². The van der Waals surface area contributed by atoms with E-state index in [0.717, 1.165) is 17.7 Å². The highest BCUT2D eigenvalue weighted by atomic mass is 15.0. The van der Waals surface area contributed by atoms with E-state index in [9.17, 15) is 0 Å². The van der Waals surface area contributed by atoms with Crippen molar-refractivity contribution in [3.05, 3.63) is 54.1 Å². The van der Waals surface area contributed by atoms with Crippen LogP contribution in [-0.4, -0.2) is 4.57 Å². The van der Waals surface area contributed by atoms with Crippen LogP contribution in [0.3, 0.4) is 0 Å². The maximum Gasteiger partial charge on any atom is 0.0492 e. The number of unbranched alkanes of at least 4 members (excludes halogenated alkanes) is 1. The van der Waals surface area contributed by atoms with Crippen LogP contribution in [-0.2, 0) is 6.54 Å². The number of rotatable bonds is 7. The Bertz CT molecular complexity index is 936. The van der Waals surface area contributed by atoms with Crippen molar-refractivity contribution in [2.75, 3.05) is 0 Å². The summed E-state index contributed by atoms with van der Waals surface area (Å²) < 4.78 is 2.49. The van der Waals surface area contributed by atoms with Crippen molar-refractivity contribution in [3.63, 3.8) is 0 Å². The molecule has 128 valence electrons. The molecule has 1 aromatic heterocycles. The molecule has 2 aromatic carbocycles. The summed E-state index contributed by atoms with van der Waals surface area (Å²) in [6.07, 6.45) is 12.6. The smallest absolute Gasteiger partial charge is 0.0492 e. The summed E-state index contributed by atoms with van der Waals surface area (Å²) in [7, 11) is 0. The van der Waals surface area contributed by atoms with Gasteiger partial charge in [-0.15, -0.1) is 6.42 Å². The lowest BCUT2D eigenvalue weighted by atomic mass is 9.99. The zero-order valence-corrected chi connectivity index (χ0v) is 15.4. The summed E-state index contributed by atoms with van der Waals surface area (Å²) in [6.45, 7) is 9.56. The average molecular weight is 329 g/mol. The van der Waals surface area contributed by atoms with Crippen molar-refractivity contribution in [1.29, 1.82) is 0 Å². The molecule has 1 nitrogen and oxygen atoms in total. The van der Waals surface area contributed by atoms with Crippen molar-refractivity contribution < 1.29 is 0 Å². The van der Waals surface area contributed by atoms with Crippen LogP contribution in [0.1, 0.15) is 50.7 Å². The van der Waals surface area contributed by atoms with Crippen molar-refractivity contribution >= 4 is 27.9 Å². The minimum atomic E-state index is 0.713. The van der Waals surface area contributed by atoms with Crippen LogP contribution in [0.5, 0.6) is 0 Å². The van der Waals surface area contributed by atoms with Gasteiger partial charge in [0.1, 0.15) is 0 Å². The topological polar surface area (TPSA) is 4.93 Å². The maximum atomic E-state index is 5.63. The average Bonchev–Trinajstić information content (AvgIpc) is 2.97. The third-order valence-electron chi connectivity index (χ3n) is 5.28. The van der Waals surface area contributed by atoms with Crippen molar-refractivity contribution in [2.24, 2.45) is 5.92 Å². The van der Waals surface area contributed by atoms with E-state index in [-0.39, 0.29) is 0 Å². The van der Waals surface area contributed by atoms with E-state index in [0.29, 0.717) is 5.92 Å². The summed E-state index contributed by atoms with van der Waals surface area (Å²) in [5.74, 6) is 3.49. The summed E-state index contributed by atoms with van der Waals surface area (Å²) in [5, 5.41) is 2.52. The monoisotopic (exact) mass is 329 g/mol. The van der Waals surface area contributed by atoms with Crippen LogP contribution in [0.25, 0.3) is 27.9 Å². The van der Waals surface area contributed by atoms with Crippen LogP contribution in [0, 0.1) is 18.3 Å². The highest BCUT2D eigenvalue weighted by Crippen LogP contribution is 2.32. The first-order chi connectivity index (χ1) is 12.2. The number of hydrogen-bond acceptors (Lipinski definition) is 0. The van der Waals surface area contributed by atoms with E-state index in [1.54, 1.807) is 0 Å². The molecular formula is C24H27N. The Morgan fingerprint density at radius 1 is 1.12 bits per heavy atom. The Labute approximate surface area is 151 Å².